The standard InChI is InChI=1S/C14H16ClNO2/c15-12-6-3-11(4-7-12)5-8-14(17)16-10-13-2-1-9-18-13/h3-8,13H,1-2,9-10H2,(H,16,17)/b8-5+. The molecule has 1 fully saturated rings. The zero-order chi connectivity index (χ0) is 12.8. The summed E-state index contributed by atoms with van der Waals surface area (Å²) in [5, 5.41) is 3.52. The Hall–Kier alpha value is -1.32. The van der Waals surface area contributed by atoms with Gasteiger partial charge in [0.1, 0.15) is 0 Å². The van der Waals surface area contributed by atoms with Gasteiger partial charge in [-0.1, -0.05) is 23.7 Å². The zero-order valence-electron chi connectivity index (χ0n) is 10.1. The Kier molecular flexibility index (Phi) is 4.79. The number of amides is 1. The second-order valence-electron chi connectivity index (χ2n) is 4.27. The Labute approximate surface area is 112 Å². The van der Waals surface area contributed by atoms with Gasteiger partial charge in [0.25, 0.3) is 0 Å². The Morgan fingerprint density at radius 2 is 2.22 bits per heavy atom. The van der Waals surface area contributed by atoms with Crippen LogP contribution in [0.15, 0.2) is 30.3 Å². The average molecular weight is 266 g/mol. The molecule has 18 heavy (non-hydrogen) atoms. The first-order chi connectivity index (χ1) is 8.74. The molecular weight excluding hydrogens is 250 g/mol. The molecule has 3 nitrogen and oxygen atoms in total. The summed E-state index contributed by atoms with van der Waals surface area (Å²) in [6, 6.07) is 7.33. The largest absolute Gasteiger partial charge is 0.376 e. The van der Waals surface area contributed by atoms with Crippen molar-refractivity contribution in [1.82, 2.24) is 5.32 Å². The van der Waals surface area contributed by atoms with Crippen molar-refractivity contribution in [3.8, 4) is 0 Å². The Morgan fingerprint density at radius 1 is 1.44 bits per heavy atom. The third-order valence-electron chi connectivity index (χ3n) is 2.83. The van der Waals surface area contributed by atoms with Crippen molar-refractivity contribution in [2.45, 2.75) is 18.9 Å². The van der Waals surface area contributed by atoms with Gasteiger partial charge in [-0.05, 0) is 36.6 Å². The van der Waals surface area contributed by atoms with E-state index in [1.807, 2.05) is 12.1 Å². The molecule has 1 heterocycles. The smallest absolute Gasteiger partial charge is 0.244 e. The van der Waals surface area contributed by atoms with E-state index in [0.29, 0.717) is 11.6 Å². The van der Waals surface area contributed by atoms with Gasteiger partial charge in [-0.15, -0.1) is 0 Å². The van der Waals surface area contributed by atoms with Crippen LogP contribution in [-0.2, 0) is 9.53 Å². The summed E-state index contributed by atoms with van der Waals surface area (Å²) in [5.74, 6) is -0.0968. The molecule has 1 aliphatic heterocycles. The molecule has 1 aromatic carbocycles. The summed E-state index contributed by atoms with van der Waals surface area (Å²) in [5.41, 5.74) is 0.951. The molecule has 0 radical (unpaired) electrons. The maximum absolute atomic E-state index is 11.6. The Bertz CT molecular complexity index is 422. The molecule has 2 rings (SSSR count). The predicted octanol–water partition coefficient (Wildman–Crippen LogP) is 2.65. The van der Waals surface area contributed by atoms with Gasteiger partial charge in [0.2, 0.25) is 5.91 Å². The second kappa shape index (κ2) is 6.57. The Balaban J connectivity index is 1.77. The van der Waals surface area contributed by atoms with E-state index in [2.05, 4.69) is 5.32 Å². The van der Waals surface area contributed by atoms with E-state index in [9.17, 15) is 4.79 Å². The Morgan fingerprint density at radius 3 is 2.89 bits per heavy atom. The van der Waals surface area contributed by atoms with Crippen molar-refractivity contribution in [1.29, 1.82) is 0 Å². The highest BCUT2D eigenvalue weighted by molar-refractivity contribution is 6.30. The normalized spacial score (nSPS) is 19.3. The fourth-order valence-corrected chi connectivity index (χ4v) is 1.95. The topological polar surface area (TPSA) is 38.3 Å². The van der Waals surface area contributed by atoms with Gasteiger partial charge in [0, 0.05) is 24.3 Å². The van der Waals surface area contributed by atoms with E-state index in [-0.39, 0.29) is 12.0 Å². The molecule has 0 aromatic heterocycles. The lowest BCUT2D eigenvalue weighted by atomic mass is 10.2. The average Bonchev–Trinajstić information content (AvgIpc) is 2.89. The van der Waals surface area contributed by atoms with Crippen molar-refractivity contribution < 1.29 is 9.53 Å². The third-order valence-corrected chi connectivity index (χ3v) is 3.08. The minimum Gasteiger partial charge on any atom is -0.376 e. The molecule has 1 atom stereocenters. The molecule has 1 aliphatic rings. The van der Waals surface area contributed by atoms with E-state index in [0.717, 1.165) is 25.0 Å². The highest BCUT2D eigenvalue weighted by Crippen LogP contribution is 2.11. The van der Waals surface area contributed by atoms with Gasteiger partial charge in [0.05, 0.1) is 6.10 Å². The highest BCUT2D eigenvalue weighted by Gasteiger charge is 2.15. The highest BCUT2D eigenvalue weighted by atomic mass is 35.5. The number of carbonyl (C=O) groups is 1. The van der Waals surface area contributed by atoms with E-state index >= 15 is 0 Å². The third kappa shape index (κ3) is 4.17. The number of rotatable bonds is 4. The van der Waals surface area contributed by atoms with Gasteiger partial charge in [-0.3, -0.25) is 4.79 Å². The van der Waals surface area contributed by atoms with Crippen molar-refractivity contribution in [3.63, 3.8) is 0 Å². The van der Waals surface area contributed by atoms with E-state index < -0.39 is 0 Å². The molecule has 1 amide bonds. The van der Waals surface area contributed by atoms with Crippen LogP contribution in [0.1, 0.15) is 18.4 Å². The molecule has 0 bridgehead atoms. The van der Waals surface area contributed by atoms with Gasteiger partial charge in [-0.2, -0.15) is 0 Å². The zero-order valence-corrected chi connectivity index (χ0v) is 10.8. The summed E-state index contributed by atoms with van der Waals surface area (Å²) in [7, 11) is 0. The first kappa shape index (κ1) is 13.1. The maximum Gasteiger partial charge on any atom is 0.244 e. The number of ether oxygens (including phenoxy) is 1. The van der Waals surface area contributed by atoms with Gasteiger partial charge < -0.3 is 10.1 Å². The first-order valence-electron chi connectivity index (χ1n) is 6.07. The molecule has 96 valence electrons. The lowest BCUT2D eigenvalue weighted by Crippen LogP contribution is -2.30. The minimum absolute atomic E-state index is 0.0968. The number of carbonyl (C=O) groups excluding carboxylic acids is 1. The summed E-state index contributed by atoms with van der Waals surface area (Å²) < 4.78 is 5.43. The monoisotopic (exact) mass is 265 g/mol. The number of hydrogen-bond acceptors (Lipinski definition) is 2. The summed E-state index contributed by atoms with van der Waals surface area (Å²) in [6.45, 7) is 1.39. The summed E-state index contributed by atoms with van der Waals surface area (Å²) in [6.07, 6.45) is 5.58. The number of hydrogen-bond donors (Lipinski definition) is 1. The molecule has 0 spiro atoms. The van der Waals surface area contributed by atoms with Gasteiger partial charge >= 0.3 is 0 Å². The quantitative estimate of drug-likeness (QED) is 0.850. The number of nitrogens with one attached hydrogen (secondary N) is 1. The second-order valence-corrected chi connectivity index (χ2v) is 4.70. The van der Waals surface area contributed by atoms with Crippen LogP contribution in [0.5, 0.6) is 0 Å². The van der Waals surface area contributed by atoms with Crippen molar-refractivity contribution in [2.75, 3.05) is 13.2 Å². The lowest BCUT2D eigenvalue weighted by Gasteiger charge is -2.08. The molecule has 4 heteroatoms. The molecule has 0 aliphatic carbocycles. The molecule has 1 aromatic rings. The van der Waals surface area contributed by atoms with E-state index in [1.165, 1.54) is 6.08 Å². The van der Waals surface area contributed by atoms with Crippen LogP contribution in [0, 0.1) is 0 Å². The van der Waals surface area contributed by atoms with Crippen LogP contribution in [-0.4, -0.2) is 25.2 Å². The lowest BCUT2D eigenvalue weighted by molar-refractivity contribution is -0.116. The van der Waals surface area contributed by atoms with Crippen LogP contribution in [0.2, 0.25) is 5.02 Å². The van der Waals surface area contributed by atoms with E-state index in [1.54, 1.807) is 18.2 Å². The molecule has 0 saturated carbocycles. The minimum atomic E-state index is -0.0968. The van der Waals surface area contributed by atoms with Gasteiger partial charge in [0.15, 0.2) is 0 Å². The van der Waals surface area contributed by atoms with Crippen LogP contribution < -0.4 is 5.32 Å². The number of halogens is 1. The SMILES string of the molecule is O=C(/C=C/c1ccc(Cl)cc1)NCC1CCCO1. The fraction of sp³-hybridized carbons (Fsp3) is 0.357. The van der Waals surface area contributed by atoms with Gasteiger partial charge in [-0.25, -0.2) is 0 Å². The predicted molar refractivity (Wildman–Crippen MR) is 72.5 cm³/mol. The van der Waals surface area contributed by atoms with Crippen molar-refractivity contribution >= 4 is 23.6 Å². The van der Waals surface area contributed by atoms with Crippen molar-refractivity contribution in [2.24, 2.45) is 0 Å². The van der Waals surface area contributed by atoms with Crippen LogP contribution >= 0.6 is 11.6 Å². The first-order valence-corrected chi connectivity index (χ1v) is 6.45. The fourth-order valence-electron chi connectivity index (χ4n) is 1.82. The van der Waals surface area contributed by atoms with Crippen molar-refractivity contribution in [3.05, 3.63) is 40.9 Å². The molecule has 1 saturated heterocycles. The van der Waals surface area contributed by atoms with E-state index in [4.69, 9.17) is 16.3 Å². The van der Waals surface area contributed by atoms with Crippen LogP contribution in [0.25, 0.3) is 6.08 Å². The maximum atomic E-state index is 11.6. The summed E-state index contributed by atoms with van der Waals surface area (Å²) >= 11 is 5.78. The summed E-state index contributed by atoms with van der Waals surface area (Å²) in [4.78, 5) is 11.6. The molecular formula is C14H16ClNO2. The molecule has 1 N–H and O–H groups in total. The van der Waals surface area contributed by atoms with Crippen LogP contribution in [0.3, 0.4) is 0 Å². The number of benzene rings is 1. The van der Waals surface area contributed by atoms with Crippen LogP contribution in [0.4, 0.5) is 0 Å². The molecule has 1 unspecified atom stereocenters.